The smallest absolute Gasteiger partial charge is 0.305 e. The first-order valence-electron chi connectivity index (χ1n) is 8.24. The van der Waals surface area contributed by atoms with E-state index in [9.17, 15) is 9.59 Å². The van der Waals surface area contributed by atoms with Crippen molar-refractivity contribution in [2.24, 2.45) is 0 Å². The number of carboxylic acid groups (broad SMARTS) is 1. The zero-order valence-corrected chi connectivity index (χ0v) is 16.4. The number of carbonyl (C=O) groups excluding carboxylic acids is 1. The molecule has 0 fully saturated rings. The van der Waals surface area contributed by atoms with Crippen LogP contribution in [0.15, 0.2) is 18.2 Å². The number of hydrogen-bond acceptors (Lipinski definition) is 3. The fourth-order valence-electron chi connectivity index (χ4n) is 2.75. The van der Waals surface area contributed by atoms with Crippen molar-refractivity contribution in [2.75, 3.05) is 13.1 Å². The van der Waals surface area contributed by atoms with Crippen LogP contribution >= 0.6 is 23.2 Å². The van der Waals surface area contributed by atoms with Crippen molar-refractivity contribution in [1.29, 1.82) is 0 Å². The van der Waals surface area contributed by atoms with Gasteiger partial charge in [0.2, 0.25) is 5.91 Å². The van der Waals surface area contributed by atoms with Gasteiger partial charge in [0.1, 0.15) is 0 Å². The molecule has 26 heavy (non-hydrogen) atoms. The third-order valence-electron chi connectivity index (χ3n) is 4.25. The van der Waals surface area contributed by atoms with E-state index >= 15 is 0 Å². The minimum absolute atomic E-state index is 0.0694. The summed E-state index contributed by atoms with van der Waals surface area (Å²) >= 11 is 12.0. The predicted molar refractivity (Wildman–Crippen MR) is 101 cm³/mol. The van der Waals surface area contributed by atoms with Crippen LogP contribution in [0.4, 0.5) is 0 Å². The fraction of sp³-hybridized carbons (Fsp3) is 0.389. The number of aryl methyl sites for hydroxylation is 1. The zero-order valence-electron chi connectivity index (χ0n) is 14.9. The van der Waals surface area contributed by atoms with Crippen LogP contribution in [0.5, 0.6) is 0 Å². The van der Waals surface area contributed by atoms with Crippen molar-refractivity contribution in [2.45, 2.75) is 33.6 Å². The van der Waals surface area contributed by atoms with E-state index in [0.29, 0.717) is 16.6 Å². The number of benzene rings is 1. The maximum atomic E-state index is 12.6. The van der Waals surface area contributed by atoms with Gasteiger partial charge >= 0.3 is 5.97 Å². The first-order valence-corrected chi connectivity index (χ1v) is 9.00. The molecule has 0 unspecified atom stereocenters. The van der Waals surface area contributed by atoms with Gasteiger partial charge in [-0.05, 0) is 39.0 Å². The maximum absolute atomic E-state index is 12.6. The Labute approximate surface area is 162 Å². The number of halogens is 2. The summed E-state index contributed by atoms with van der Waals surface area (Å²) in [6.45, 7) is 6.23. The van der Waals surface area contributed by atoms with Gasteiger partial charge in [-0.25, -0.2) is 4.68 Å². The summed E-state index contributed by atoms with van der Waals surface area (Å²) in [5.41, 5.74) is 3.17. The molecule has 6 nitrogen and oxygen atoms in total. The molecular weight excluding hydrogens is 377 g/mol. The van der Waals surface area contributed by atoms with E-state index in [0.717, 1.165) is 22.6 Å². The van der Waals surface area contributed by atoms with Gasteiger partial charge in [0.25, 0.3) is 0 Å². The molecule has 8 heteroatoms. The molecule has 1 aromatic heterocycles. The topological polar surface area (TPSA) is 75.4 Å². The number of likely N-dealkylation sites (N-methyl/N-ethyl adjacent to an activating group) is 1. The molecule has 0 saturated heterocycles. The molecule has 1 amide bonds. The summed E-state index contributed by atoms with van der Waals surface area (Å²) in [5, 5.41) is 14.2. The van der Waals surface area contributed by atoms with Crippen LogP contribution in [0.25, 0.3) is 5.69 Å². The molecule has 1 aromatic carbocycles. The highest BCUT2D eigenvalue weighted by molar-refractivity contribution is 6.42. The van der Waals surface area contributed by atoms with Crippen LogP contribution in [-0.4, -0.2) is 44.8 Å². The second-order valence-electron chi connectivity index (χ2n) is 5.95. The lowest BCUT2D eigenvalue weighted by Gasteiger charge is -2.20. The van der Waals surface area contributed by atoms with Crippen LogP contribution in [-0.2, 0) is 16.0 Å². The third-order valence-corrected chi connectivity index (χ3v) is 4.99. The Bertz CT molecular complexity index is 833. The van der Waals surface area contributed by atoms with Crippen LogP contribution in [0.2, 0.25) is 10.0 Å². The number of nitrogens with zero attached hydrogens (tertiary/aromatic N) is 3. The molecule has 0 atom stereocenters. The zero-order chi connectivity index (χ0) is 19.4. The summed E-state index contributed by atoms with van der Waals surface area (Å²) in [7, 11) is 0. The Balaban J connectivity index is 2.25. The fourth-order valence-corrected chi connectivity index (χ4v) is 3.04. The lowest BCUT2D eigenvalue weighted by atomic mass is 10.1. The van der Waals surface area contributed by atoms with Crippen LogP contribution in [0.3, 0.4) is 0 Å². The third kappa shape index (κ3) is 4.56. The number of aromatic nitrogens is 2. The highest BCUT2D eigenvalue weighted by Gasteiger charge is 2.20. The summed E-state index contributed by atoms with van der Waals surface area (Å²) < 4.78 is 1.73. The largest absolute Gasteiger partial charge is 0.481 e. The SMILES string of the molecule is CCN(CCC(=O)O)C(=O)Cc1c(C)nn(-c2ccc(Cl)c(Cl)c2)c1C. The maximum Gasteiger partial charge on any atom is 0.305 e. The van der Waals surface area contributed by atoms with Crippen molar-refractivity contribution in [3.63, 3.8) is 0 Å². The Kier molecular flexibility index (Phi) is 6.67. The van der Waals surface area contributed by atoms with Gasteiger partial charge in [0.05, 0.1) is 34.3 Å². The van der Waals surface area contributed by atoms with Crippen molar-refractivity contribution < 1.29 is 14.7 Å². The standard InChI is InChI=1S/C18H21Cl2N3O3/c1-4-22(8-7-18(25)26)17(24)10-14-11(2)21-23(12(14)3)13-5-6-15(19)16(20)9-13/h5-6,9H,4,7-8,10H2,1-3H3,(H,25,26). The van der Waals surface area contributed by atoms with E-state index < -0.39 is 5.97 Å². The molecule has 0 bridgehead atoms. The Morgan fingerprint density at radius 2 is 1.92 bits per heavy atom. The highest BCUT2D eigenvalue weighted by atomic mass is 35.5. The molecule has 0 radical (unpaired) electrons. The molecule has 0 aliphatic rings. The quantitative estimate of drug-likeness (QED) is 0.773. The number of hydrogen-bond donors (Lipinski definition) is 1. The molecule has 1 N–H and O–H groups in total. The molecule has 2 rings (SSSR count). The van der Waals surface area contributed by atoms with Gasteiger partial charge in [-0.15, -0.1) is 0 Å². The van der Waals surface area contributed by atoms with Gasteiger partial charge in [-0.1, -0.05) is 23.2 Å². The molecule has 0 aliphatic heterocycles. The number of carboxylic acids is 1. The van der Waals surface area contributed by atoms with Gasteiger partial charge in [0.15, 0.2) is 0 Å². The second kappa shape index (κ2) is 8.56. The predicted octanol–water partition coefficient (Wildman–Crippen LogP) is 3.66. The number of rotatable bonds is 7. The molecule has 0 spiro atoms. The molecule has 0 saturated carbocycles. The van der Waals surface area contributed by atoms with Gasteiger partial charge in [0, 0.05) is 24.3 Å². The van der Waals surface area contributed by atoms with Crippen molar-refractivity contribution >= 4 is 35.1 Å². The molecule has 1 heterocycles. The average molecular weight is 398 g/mol. The monoisotopic (exact) mass is 397 g/mol. The van der Waals surface area contributed by atoms with Crippen LogP contribution in [0.1, 0.15) is 30.3 Å². The number of aliphatic carboxylic acids is 1. The summed E-state index contributed by atoms with van der Waals surface area (Å²) in [5.74, 6) is -1.04. The first kappa shape index (κ1) is 20.3. The molecule has 2 aromatic rings. The van der Waals surface area contributed by atoms with Crippen molar-refractivity contribution in [3.05, 3.63) is 45.2 Å². The molecule has 0 aliphatic carbocycles. The van der Waals surface area contributed by atoms with E-state index in [1.807, 2.05) is 26.8 Å². The number of amides is 1. The first-order chi connectivity index (χ1) is 12.2. The summed E-state index contributed by atoms with van der Waals surface area (Å²) in [6.07, 6.45) is 0.104. The van der Waals surface area contributed by atoms with Gasteiger partial charge in [-0.2, -0.15) is 5.10 Å². The van der Waals surface area contributed by atoms with Crippen LogP contribution in [0, 0.1) is 13.8 Å². The van der Waals surface area contributed by atoms with E-state index in [4.69, 9.17) is 28.3 Å². The lowest BCUT2D eigenvalue weighted by molar-refractivity contribution is -0.138. The Morgan fingerprint density at radius 1 is 1.23 bits per heavy atom. The van der Waals surface area contributed by atoms with E-state index in [-0.39, 0.29) is 25.3 Å². The van der Waals surface area contributed by atoms with E-state index in [1.54, 1.807) is 21.7 Å². The van der Waals surface area contributed by atoms with Crippen molar-refractivity contribution in [1.82, 2.24) is 14.7 Å². The second-order valence-corrected chi connectivity index (χ2v) is 6.77. The van der Waals surface area contributed by atoms with Crippen LogP contribution < -0.4 is 0 Å². The minimum atomic E-state index is -0.920. The average Bonchev–Trinajstić information content (AvgIpc) is 2.86. The molecular formula is C18H21Cl2N3O3. The van der Waals surface area contributed by atoms with Gasteiger partial charge in [-0.3, -0.25) is 9.59 Å². The lowest BCUT2D eigenvalue weighted by Crippen LogP contribution is -2.34. The van der Waals surface area contributed by atoms with Gasteiger partial charge < -0.3 is 10.0 Å². The highest BCUT2D eigenvalue weighted by Crippen LogP contribution is 2.26. The van der Waals surface area contributed by atoms with Crippen molar-refractivity contribution in [3.8, 4) is 5.69 Å². The Hall–Kier alpha value is -2.05. The summed E-state index contributed by atoms with van der Waals surface area (Å²) in [4.78, 5) is 24.9. The number of carbonyl (C=O) groups is 2. The normalized spacial score (nSPS) is 10.8. The van der Waals surface area contributed by atoms with E-state index in [2.05, 4.69) is 5.10 Å². The van der Waals surface area contributed by atoms with E-state index in [1.165, 1.54) is 0 Å². The summed E-state index contributed by atoms with van der Waals surface area (Å²) in [6, 6.07) is 5.23. The molecule has 140 valence electrons. The minimum Gasteiger partial charge on any atom is -0.481 e. The Morgan fingerprint density at radius 3 is 2.50 bits per heavy atom.